The summed E-state index contributed by atoms with van der Waals surface area (Å²) >= 11 is 0. The van der Waals surface area contributed by atoms with Crippen LogP contribution in [-0.2, 0) is 0 Å². The number of methoxy groups -OCH3 is 1. The van der Waals surface area contributed by atoms with Gasteiger partial charge >= 0.3 is 0 Å². The van der Waals surface area contributed by atoms with E-state index in [1.165, 1.54) is 11.1 Å². The van der Waals surface area contributed by atoms with Crippen LogP contribution >= 0.6 is 0 Å². The van der Waals surface area contributed by atoms with Crippen molar-refractivity contribution in [3.8, 4) is 17.2 Å². The van der Waals surface area contributed by atoms with E-state index < -0.39 is 0 Å². The third kappa shape index (κ3) is 4.22. The molecule has 3 aromatic carbocycles. The van der Waals surface area contributed by atoms with Crippen LogP contribution in [0.25, 0.3) is 0 Å². The highest BCUT2D eigenvalue weighted by molar-refractivity contribution is 6.04. The molecule has 0 aromatic heterocycles. The van der Waals surface area contributed by atoms with Gasteiger partial charge in [0.2, 0.25) is 0 Å². The van der Waals surface area contributed by atoms with E-state index in [4.69, 9.17) is 9.47 Å². The molecule has 0 radical (unpaired) electrons. The molecule has 0 aliphatic heterocycles. The molecule has 3 rings (SSSR count). The second-order valence-corrected chi connectivity index (χ2v) is 6.06. The standard InChI is InChI=1S/C22H21NO3/c1-15-10-11-21(12-16(15)2)26-20-9-5-7-18(14-20)23-22(24)17-6-4-8-19(13-17)25-3/h4-14H,1-3H3,(H,23,24). The molecule has 0 fully saturated rings. The van der Waals surface area contributed by atoms with Crippen LogP contribution in [0.3, 0.4) is 0 Å². The Hall–Kier alpha value is -3.27. The number of carbonyl (C=O) groups is 1. The highest BCUT2D eigenvalue weighted by Crippen LogP contribution is 2.26. The van der Waals surface area contributed by atoms with E-state index in [-0.39, 0.29) is 5.91 Å². The molecule has 0 aliphatic carbocycles. The fourth-order valence-electron chi connectivity index (χ4n) is 2.52. The molecule has 1 N–H and O–H groups in total. The predicted molar refractivity (Wildman–Crippen MR) is 103 cm³/mol. The first-order valence-corrected chi connectivity index (χ1v) is 8.36. The summed E-state index contributed by atoms with van der Waals surface area (Å²) in [6.07, 6.45) is 0. The number of carbonyl (C=O) groups excluding carboxylic acids is 1. The minimum Gasteiger partial charge on any atom is -0.497 e. The number of aryl methyl sites for hydroxylation is 2. The third-order valence-corrected chi connectivity index (χ3v) is 4.14. The Kier molecular flexibility index (Phi) is 5.23. The van der Waals surface area contributed by atoms with Crippen LogP contribution in [0.15, 0.2) is 66.7 Å². The molecular weight excluding hydrogens is 326 g/mol. The van der Waals surface area contributed by atoms with E-state index in [0.717, 1.165) is 5.75 Å². The normalized spacial score (nSPS) is 10.3. The van der Waals surface area contributed by atoms with Crippen molar-refractivity contribution in [2.75, 3.05) is 12.4 Å². The molecule has 26 heavy (non-hydrogen) atoms. The first-order chi connectivity index (χ1) is 12.5. The topological polar surface area (TPSA) is 47.6 Å². The Morgan fingerprint density at radius 1 is 0.808 bits per heavy atom. The van der Waals surface area contributed by atoms with Gasteiger partial charge < -0.3 is 14.8 Å². The number of hydrogen-bond acceptors (Lipinski definition) is 3. The lowest BCUT2D eigenvalue weighted by atomic mass is 10.1. The van der Waals surface area contributed by atoms with Crippen molar-refractivity contribution < 1.29 is 14.3 Å². The lowest BCUT2D eigenvalue weighted by Crippen LogP contribution is -2.11. The fourth-order valence-corrected chi connectivity index (χ4v) is 2.52. The number of nitrogens with one attached hydrogen (secondary N) is 1. The number of benzene rings is 3. The molecule has 0 atom stereocenters. The summed E-state index contributed by atoms with van der Waals surface area (Å²) in [5.74, 6) is 1.87. The monoisotopic (exact) mass is 347 g/mol. The van der Waals surface area contributed by atoms with Gasteiger partial charge in [-0.1, -0.05) is 18.2 Å². The van der Waals surface area contributed by atoms with Crippen molar-refractivity contribution in [1.82, 2.24) is 0 Å². The van der Waals surface area contributed by atoms with Crippen molar-refractivity contribution in [3.63, 3.8) is 0 Å². The molecule has 1 amide bonds. The van der Waals surface area contributed by atoms with Gasteiger partial charge in [0.1, 0.15) is 17.2 Å². The van der Waals surface area contributed by atoms with Gasteiger partial charge in [-0.05, 0) is 67.4 Å². The molecule has 0 heterocycles. The van der Waals surface area contributed by atoms with Crippen molar-refractivity contribution in [2.24, 2.45) is 0 Å². The molecule has 3 aromatic rings. The second kappa shape index (κ2) is 7.74. The van der Waals surface area contributed by atoms with Crippen LogP contribution in [0.2, 0.25) is 0 Å². The van der Waals surface area contributed by atoms with Gasteiger partial charge in [0.15, 0.2) is 0 Å². The summed E-state index contributed by atoms with van der Waals surface area (Å²) in [4.78, 5) is 12.4. The molecule has 4 nitrogen and oxygen atoms in total. The van der Waals surface area contributed by atoms with Crippen LogP contribution in [0.1, 0.15) is 21.5 Å². The fraction of sp³-hybridized carbons (Fsp3) is 0.136. The van der Waals surface area contributed by atoms with E-state index >= 15 is 0 Å². The quantitative estimate of drug-likeness (QED) is 0.676. The Morgan fingerprint density at radius 3 is 2.31 bits per heavy atom. The van der Waals surface area contributed by atoms with E-state index in [1.807, 2.05) is 43.3 Å². The molecule has 132 valence electrons. The number of rotatable bonds is 5. The Bertz CT molecular complexity index is 934. The maximum absolute atomic E-state index is 12.4. The van der Waals surface area contributed by atoms with Crippen LogP contribution in [0.4, 0.5) is 5.69 Å². The average molecular weight is 347 g/mol. The lowest BCUT2D eigenvalue weighted by Gasteiger charge is -2.10. The smallest absolute Gasteiger partial charge is 0.255 e. The zero-order chi connectivity index (χ0) is 18.5. The van der Waals surface area contributed by atoms with Gasteiger partial charge in [-0.15, -0.1) is 0 Å². The summed E-state index contributed by atoms with van der Waals surface area (Å²) < 4.78 is 11.1. The molecule has 0 aliphatic rings. The van der Waals surface area contributed by atoms with Crippen molar-refractivity contribution in [2.45, 2.75) is 13.8 Å². The van der Waals surface area contributed by atoms with Gasteiger partial charge in [-0.3, -0.25) is 4.79 Å². The Morgan fingerprint density at radius 2 is 1.54 bits per heavy atom. The number of ether oxygens (including phenoxy) is 2. The second-order valence-electron chi connectivity index (χ2n) is 6.06. The largest absolute Gasteiger partial charge is 0.497 e. The minimum atomic E-state index is -0.202. The van der Waals surface area contributed by atoms with Crippen molar-refractivity contribution in [3.05, 3.63) is 83.4 Å². The summed E-state index contributed by atoms with van der Waals surface area (Å²) in [6, 6.07) is 20.3. The first-order valence-electron chi connectivity index (χ1n) is 8.36. The molecule has 4 heteroatoms. The van der Waals surface area contributed by atoms with Gasteiger partial charge in [-0.2, -0.15) is 0 Å². The third-order valence-electron chi connectivity index (χ3n) is 4.14. The van der Waals surface area contributed by atoms with Gasteiger partial charge in [0.25, 0.3) is 5.91 Å². The molecule has 0 bridgehead atoms. The van der Waals surface area contributed by atoms with Crippen LogP contribution in [0, 0.1) is 13.8 Å². The predicted octanol–water partition coefficient (Wildman–Crippen LogP) is 5.36. The molecular formula is C22H21NO3. The van der Waals surface area contributed by atoms with Crippen molar-refractivity contribution in [1.29, 1.82) is 0 Å². The highest BCUT2D eigenvalue weighted by Gasteiger charge is 2.08. The van der Waals surface area contributed by atoms with Crippen LogP contribution < -0.4 is 14.8 Å². The maximum Gasteiger partial charge on any atom is 0.255 e. The molecule has 0 saturated heterocycles. The number of amides is 1. The SMILES string of the molecule is COc1cccc(C(=O)Nc2cccc(Oc3ccc(C)c(C)c3)c2)c1. The maximum atomic E-state index is 12.4. The van der Waals surface area contributed by atoms with Gasteiger partial charge in [0, 0.05) is 17.3 Å². The number of anilines is 1. The zero-order valence-electron chi connectivity index (χ0n) is 15.1. The average Bonchev–Trinajstić information content (AvgIpc) is 2.65. The van der Waals surface area contributed by atoms with E-state index in [0.29, 0.717) is 22.7 Å². The minimum absolute atomic E-state index is 0.202. The van der Waals surface area contributed by atoms with E-state index in [9.17, 15) is 4.79 Å². The first kappa shape index (κ1) is 17.5. The molecule has 0 unspecified atom stereocenters. The molecule has 0 spiro atoms. The Labute approximate surface area is 153 Å². The van der Waals surface area contributed by atoms with E-state index in [2.05, 4.69) is 12.2 Å². The van der Waals surface area contributed by atoms with Crippen LogP contribution in [-0.4, -0.2) is 13.0 Å². The van der Waals surface area contributed by atoms with E-state index in [1.54, 1.807) is 37.4 Å². The summed E-state index contributed by atoms with van der Waals surface area (Å²) in [6.45, 7) is 4.11. The number of hydrogen-bond donors (Lipinski definition) is 1. The zero-order valence-corrected chi connectivity index (χ0v) is 15.1. The summed E-state index contributed by atoms with van der Waals surface area (Å²) in [5, 5.41) is 2.88. The lowest BCUT2D eigenvalue weighted by molar-refractivity contribution is 0.102. The highest BCUT2D eigenvalue weighted by atomic mass is 16.5. The van der Waals surface area contributed by atoms with Crippen molar-refractivity contribution >= 4 is 11.6 Å². The van der Waals surface area contributed by atoms with Gasteiger partial charge in [0.05, 0.1) is 7.11 Å². The Balaban J connectivity index is 1.74. The summed E-state index contributed by atoms with van der Waals surface area (Å²) in [7, 11) is 1.57. The van der Waals surface area contributed by atoms with Crippen LogP contribution in [0.5, 0.6) is 17.2 Å². The molecule has 0 saturated carbocycles. The summed E-state index contributed by atoms with van der Waals surface area (Å²) in [5.41, 5.74) is 3.59. The van der Waals surface area contributed by atoms with Gasteiger partial charge in [-0.25, -0.2) is 0 Å².